The highest BCUT2D eigenvalue weighted by Crippen LogP contribution is 2.38. The zero-order chi connectivity index (χ0) is 16.1. The SMILES string of the molecule is CC1(C)OB(/C=C/CB2OC(C)(C)C(C)(C)O2)OC1(C)C. The van der Waals surface area contributed by atoms with Gasteiger partial charge in [-0.3, -0.25) is 0 Å². The van der Waals surface area contributed by atoms with Gasteiger partial charge in [0.05, 0.1) is 22.4 Å². The molecule has 6 heteroatoms. The van der Waals surface area contributed by atoms with Crippen LogP contribution in [0.1, 0.15) is 55.4 Å². The second kappa shape index (κ2) is 5.12. The van der Waals surface area contributed by atoms with Crippen molar-refractivity contribution >= 4 is 14.2 Å². The summed E-state index contributed by atoms with van der Waals surface area (Å²) in [6.07, 6.45) is 2.71. The number of allylic oxidation sites excluding steroid dienone is 1. The van der Waals surface area contributed by atoms with Crippen LogP contribution in [0.15, 0.2) is 12.1 Å². The smallest absolute Gasteiger partial charge is 0.403 e. The zero-order valence-corrected chi connectivity index (χ0v) is 14.6. The van der Waals surface area contributed by atoms with E-state index in [2.05, 4.69) is 55.4 Å². The monoisotopic (exact) mass is 294 g/mol. The molecule has 0 radical (unpaired) electrons. The third kappa shape index (κ3) is 3.24. The van der Waals surface area contributed by atoms with Crippen molar-refractivity contribution in [3.05, 3.63) is 12.1 Å². The Bertz CT molecular complexity index is 397. The average Bonchev–Trinajstić information content (AvgIpc) is 2.57. The summed E-state index contributed by atoms with van der Waals surface area (Å²) >= 11 is 0. The van der Waals surface area contributed by atoms with Crippen LogP contribution in [-0.4, -0.2) is 36.6 Å². The Hall–Kier alpha value is -0.290. The lowest BCUT2D eigenvalue weighted by Gasteiger charge is -2.32. The molecule has 0 aliphatic carbocycles. The molecule has 0 unspecified atom stereocenters. The Morgan fingerprint density at radius 1 is 0.667 bits per heavy atom. The van der Waals surface area contributed by atoms with Gasteiger partial charge >= 0.3 is 14.2 Å². The maximum atomic E-state index is 5.96. The van der Waals surface area contributed by atoms with Crippen molar-refractivity contribution in [3.8, 4) is 0 Å². The van der Waals surface area contributed by atoms with E-state index in [4.69, 9.17) is 18.6 Å². The predicted octanol–water partition coefficient (Wildman–Crippen LogP) is 3.27. The van der Waals surface area contributed by atoms with E-state index in [1.165, 1.54) is 0 Å². The molecule has 2 fully saturated rings. The average molecular weight is 294 g/mol. The van der Waals surface area contributed by atoms with Gasteiger partial charge in [-0.2, -0.15) is 0 Å². The van der Waals surface area contributed by atoms with Crippen LogP contribution in [0.2, 0.25) is 6.32 Å². The molecule has 0 aromatic carbocycles. The van der Waals surface area contributed by atoms with Gasteiger partial charge in [0.1, 0.15) is 0 Å². The molecule has 0 aromatic rings. The van der Waals surface area contributed by atoms with Gasteiger partial charge in [-0.05, 0) is 61.7 Å². The summed E-state index contributed by atoms with van der Waals surface area (Å²) in [5.41, 5.74) is -1.16. The Kier molecular flexibility index (Phi) is 4.16. The molecule has 118 valence electrons. The van der Waals surface area contributed by atoms with Crippen LogP contribution in [0.4, 0.5) is 0 Å². The first-order valence-electron chi connectivity index (χ1n) is 7.74. The van der Waals surface area contributed by atoms with Crippen molar-refractivity contribution in [1.82, 2.24) is 0 Å². The molecule has 2 saturated heterocycles. The van der Waals surface area contributed by atoms with Crippen LogP contribution in [0, 0.1) is 0 Å². The standard InChI is InChI=1S/C15H28B2O4/c1-12(2)13(3,4)19-16(18-12)10-9-11-17-20-14(5,6)15(7,8)21-17/h9-10H,11H2,1-8H3/b10-9+. The van der Waals surface area contributed by atoms with E-state index in [-0.39, 0.29) is 36.6 Å². The minimum atomic E-state index is -0.308. The fourth-order valence-electron chi connectivity index (χ4n) is 2.33. The highest BCUT2D eigenvalue weighted by atomic mass is 16.7. The van der Waals surface area contributed by atoms with Gasteiger partial charge in [0.15, 0.2) is 0 Å². The van der Waals surface area contributed by atoms with E-state index in [1.54, 1.807) is 0 Å². The topological polar surface area (TPSA) is 36.9 Å². The van der Waals surface area contributed by atoms with Gasteiger partial charge in [-0.15, -0.1) is 0 Å². The maximum absolute atomic E-state index is 5.96. The van der Waals surface area contributed by atoms with E-state index in [0.29, 0.717) is 6.32 Å². The first kappa shape index (κ1) is 17.1. The molecule has 0 spiro atoms. The first-order chi connectivity index (χ1) is 9.36. The summed E-state index contributed by atoms with van der Waals surface area (Å²) in [6, 6.07) is 0. The van der Waals surface area contributed by atoms with Gasteiger partial charge in [-0.1, -0.05) is 12.1 Å². The molecule has 2 heterocycles. The van der Waals surface area contributed by atoms with E-state index in [0.717, 1.165) is 0 Å². The quantitative estimate of drug-likeness (QED) is 0.749. The van der Waals surface area contributed by atoms with Crippen LogP contribution in [0.3, 0.4) is 0 Å². The molecule has 0 bridgehead atoms. The normalized spacial score (nSPS) is 29.5. The van der Waals surface area contributed by atoms with Crippen LogP contribution in [0.25, 0.3) is 0 Å². The van der Waals surface area contributed by atoms with Gasteiger partial charge in [0.25, 0.3) is 0 Å². The van der Waals surface area contributed by atoms with Crippen molar-refractivity contribution in [3.63, 3.8) is 0 Å². The summed E-state index contributed by atoms with van der Waals surface area (Å²) in [5, 5.41) is 0. The zero-order valence-electron chi connectivity index (χ0n) is 14.6. The number of hydrogen-bond donors (Lipinski definition) is 0. The lowest BCUT2D eigenvalue weighted by molar-refractivity contribution is 0.00578. The summed E-state index contributed by atoms with van der Waals surface area (Å²) < 4.78 is 23.8. The molecule has 0 atom stereocenters. The Morgan fingerprint density at radius 3 is 1.48 bits per heavy atom. The van der Waals surface area contributed by atoms with Crippen LogP contribution in [-0.2, 0) is 18.6 Å². The van der Waals surface area contributed by atoms with E-state index in [1.807, 2.05) is 12.1 Å². The molecule has 4 nitrogen and oxygen atoms in total. The molecule has 2 rings (SSSR count). The first-order valence-corrected chi connectivity index (χ1v) is 7.74. The lowest BCUT2D eigenvalue weighted by Crippen LogP contribution is -2.41. The van der Waals surface area contributed by atoms with Crippen molar-refractivity contribution in [1.29, 1.82) is 0 Å². The largest absolute Gasteiger partial charge is 0.486 e. The van der Waals surface area contributed by atoms with Gasteiger partial charge < -0.3 is 18.6 Å². The fourth-order valence-corrected chi connectivity index (χ4v) is 2.33. The second-order valence-corrected chi connectivity index (χ2v) is 7.97. The van der Waals surface area contributed by atoms with Crippen molar-refractivity contribution in [2.75, 3.05) is 0 Å². The number of rotatable bonds is 3. The Balaban J connectivity index is 1.88. The summed E-state index contributed by atoms with van der Waals surface area (Å²) in [7, 11) is -0.522. The molecular weight excluding hydrogens is 266 g/mol. The molecule has 2 aliphatic heterocycles. The van der Waals surface area contributed by atoms with Crippen LogP contribution >= 0.6 is 0 Å². The lowest BCUT2D eigenvalue weighted by atomic mass is 9.81. The Morgan fingerprint density at radius 2 is 1.05 bits per heavy atom. The molecule has 0 N–H and O–H groups in total. The molecule has 0 amide bonds. The van der Waals surface area contributed by atoms with Gasteiger partial charge in [0.2, 0.25) is 0 Å². The summed E-state index contributed by atoms with van der Waals surface area (Å²) in [5.74, 6) is 1.95. The fraction of sp³-hybridized carbons (Fsp3) is 0.867. The highest BCUT2D eigenvalue weighted by molar-refractivity contribution is 6.52. The maximum Gasteiger partial charge on any atom is 0.486 e. The summed E-state index contributed by atoms with van der Waals surface area (Å²) in [4.78, 5) is 0. The minimum absolute atomic E-state index is 0.214. The van der Waals surface area contributed by atoms with E-state index in [9.17, 15) is 0 Å². The van der Waals surface area contributed by atoms with Crippen molar-refractivity contribution < 1.29 is 18.6 Å². The third-order valence-corrected chi connectivity index (χ3v) is 5.20. The molecule has 2 aliphatic rings. The second-order valence-electron chi connectivity index (χ2n) is 7.97. The van der Waals surface area contributed by atoms with Crippen molar-refractivity contribution in [2.24, 2.45) is 0 Å². The van der Waals surface area contributed by atoms with Crippen molar-refractivity contribution in [2.45, 2.75) is 84.1 Å². The van der Waals surface area contributed by atoms with E-state index >= 15 is 0 Å². The van der Waals surface area contributed by atoms with E-state index < -0.39 is 0 Å². The highest BCUT2D eigenvalue weighted by Gasteiger charge is 2.51. The molecule has 21 heavy (non-hydrogen) atoms. The van der Waals surface area contributed by atoms with Gasteiger partial charge in [0, 0.05) is 0 Å². The molecule has 0 aromatic heterocycles. The summed E-state index contributed by atoms with van der Waals surface area (Å²) in [6.45, 7) is 16.4. The predicted molar refractivity (Wildman–Crippen MR) is 86.1 cm³/mol. The molecular formula is C15H28B2O4. The van der Waals surface area contributed by atoms with Gasteiger partial charge in [-0.25, -0.2) is 0 Å². The molecule has 0 saturated carbocycles. The third-order valence-electron chi connectivity index (χ3n) is 5.20. The van der Waals surface area contributed by atoms with Crippen LogP contribution in [0.5, 0.6) is 0 Å². The van der Waals surface area contributed by atoms with Crippen LogP contribution < -0.4 is 0 Å². The minimum Gasteiger partial charge on any atom is -0.403 e. The number of hydrogen-bond acceptors (Lipinski definition) is 4. The Labute approximate surface area is 129 Å².